The summed E-state index contributed by atoms with van der Waals surface area (Å²) in [5.41, 5.74) is 0. The van der Waals surface area contributed by atoms with Crippen molar-refractivity contribution in [1.82, 2.24) is 0 Å². The highest BCUT2D eigenvalue weighted by Gasteiger charge is 2.30. The van der Waals surface area contributed by atoms with E-state index in [-0.39, 0.29) is 25.7 Å². The van der Waals surface area contributed by atoms with Crippen LogP contribution in [0.25, 0.3) is 0 Å². The molecule has 0 radical (unpaired) electrons. The van der Waals surface area contributed by atoms with Crippen LogP contribution in [0.4, 0.5) is 0 Å². The van der Waals surface area contributed by atoms with Gasteiger partial charge in [0.25, 0.3) is 0 Å². The molecule has 0 saturated carbocycles. The Morgan fingerprint density at radius 1 is 0.296 bits per heavy atom. The standard InChI is InChI=1S/C79H140O17P2/c1-5-9-13-17-21-25-29-32-34-35-36-37-39-42-45-48-52-56-60-64-77(82)89-69-74(95-78(83)65-61-57-53-49-43-28-24-20-16-12-8-4)71-93-97(85,86)91-67-73(80)68-92-98(87,88)94-72-75(96-79(84)66-62-58-54-50-46-40-31-27-23-19-15-11-7-3)70-90-76(81)63-59-55-51-47-44-41-38-33-30-26-22-18-14-10-6-2/h9,13,21-22,25-26,32-34,36-38,42,45,73-75,80H,5-8,10-12,14-20,23-24,27-31,35,39-41,43-44,46-72H2,1-4H3,(H,85,86)(H,87,88)/b13-9-,25-21-,26-22-,34-32-,37-36-,38-33-,45-42-. The molecule has 0 saturated heterocycles. The zero-order valence-corrected chi connectivity index (χ0v) is 63.7. The Morgan fingerprint density at radius 2 is 0.531 bits per heavy atom. The molecule has 0 aromatic carbocycles. The minimum Gasteiger partial charge on any atom is -0.462 e. The van der Waals surface area contributed by atoms with Crippen LogP contribution in [-0.2, 0) is 65.4 Å². The van der Waals surface area contributed by atoms with Crippen molar-refractivity contribution in [2.45, 2.75) is 354 Å². The maximum Gasteiger partial charge on any atom is 0.472 e. The molecule has 5 unspecified atom stereocenters. The number of esters is 4. The van der Waals surface area contributed by atoms with Crippen molar-refractivity contribution in [1.29, 1.82) is 0 Å². The Labute approximate surface area is 595 Å². The van der Waals surface area contributed by atoms with E-state index in [1.54, 1.807) is 0 Å². The lowest BCUT2D eigenvalue weighted by molar-refractivity contribution is -0.161. The van der Waals surface area contributed by atoms with Gasteiger partial charge in [0, 0.05) is 25.7 Å². The van der Waals surface area contributed by atoms with Gasteiger partial charge in [0.2, 0.25) is 0 Å². The maximum atomic E-state index is 13.1. The summed E-state index contributed by atoms with van der Waals surface area (Å²) in [6, 6.07) is 0. The summed E-state index contributed by atoms with van der Waals surface area (Å²) in [6.07, 6.45) is 72.8. The Balaban J connectivity index is 5.32. The molecule has 0 aliphatic rings. The molecule has 0 aromatic heterocycles. The summed E-state index contributed by atoms with van der Waals surface area (Å²) in [7, 11) is -9.95. The van der Waals surface area contributed by atoms with E-state index in [4.69, 9.17) is 37.0 Å². The van der Waals surface area contributed by atoms with E-state index in [0.717, 1.165) is 148 Å². The van der Waals surface area contributed by atoms with E-state index in [1.807, 2.05) is 0 Å². The minimum absolute atomic E-state index is 0.0905. The van der Waals surface area contributed by atoms with Crippen molar-refractivity contribution in [3.05, 3.63) is 85.1 Å². The molecule has 0 spiro atoms. The van der Waals surface area contributed by atoms with Gasteiger partial charge in [0.15, 0.2) is 12.2 Å². The van der Waals surface area contributed by atoms with E-state index < -0.39 is 97.5 Å². The lowest BCUT2D eigenvalue weighted by atomic mass is 10.0. The van der Waals surface area contributed by atoms with Crippen LogP contribution in [-0.4, -0.2) is 96.7 Å². The number of phosphoric ester groups is 2. The van der Waals surface area contributed by atoms with Crippen molar-refractivity contribution < 1.29 is 80.2 Å². The van der Waals surface area contributed by atoms with E-state index in [1.165, 1.54) is 109 Å². The number of rotatable bonds is 73. The van der Waals surface area contributed by atoms with E-state index in [2.05, 4.69) is 113 Å². The number of ether oxygens (including phenoxy) is 4. The van der Waals surface area contributed by atoms with Gasteiger partial charge in [-0.05, 0) is 103 Å². The topological polar surface area (TPSA) is 237 Å². The Bertz CT molecular complexity index is 2190. The fourth-order valence-electron chi connectivity index (χ4n) is 10.5. The number of aliphatic hydroxyl groups excluding tert-OH is 1. The monoisotopic (exact) mass is 1420 g/mol. The van der Waals surface area contributed by atoms with Crippen LogP contribution in [0.1, 0.15) is 336 Å². The van der Waals surface area contributed by atoms with E-state index in [0.29, 0.717) is 25.7 Å². The van der Waals surface area contributed by atoms with Crippen LogP contribution in [0.2, 0.25) is 0 Å². The first-order chi connectivity index (χ1) is 47.7. The summed E-state index contributed by atoms with van der Waals surface area (Å²) in [5.74, 6) is -2.20. The quantitative estimate of drug-likeness (QED) is 0.0169. The zero-order chi connectivity index (χ0) is 71.8. The molecule has 98 heavy (non-hydrogen) atoms. The molecule has 3 N–H and O–H groups in total. The third-order valence-corrected chi connectivity index (χ3v) is 18.3. The van der Waals surface area contributed by atoms with Crippen LogP contribution in [0.5, 0.6) is 0 Å². The number of aliphatic hydroxyl groups is 1. The van der Waals surface area contributed by atoms with Crippen LogP contribution in [0.15, 0.2) is 85.1 Å². The molecule has 17 nitrogen and oxygen atoms in total. The first-order valence-electron chi connectivity index (χ1n) is 38.8. The minimum atomic E-state index is -4.98. The number of hydrogen-bond acceptors (Lipinski definition) is 15. The largest absolute Gasteiger partial charge is 0.472 e. The fourth-order valence-corrected chi connectivity index (χ4v) is 12.0. The molecular formula is C79H140O17P2. The predicted molar refractivity (Wildman–Crippen MR) is 399 cm³/mol. The molecule has 0 heterocycles. The summed E-state index contributed by atoms with van der Waals surface area (Å²) in [4.78, 5) is 72.8. The lowest BCUT2D eigenvalue weighted by Gasteiger charge is -2.21. The SMILES string of the molecule is CC/C=C\C/C=C\C/C=C\C/C=C\C/C=C\CCCCCC(=O)OCC(COP(=O)(O)OCC(O)COP(=O)(O)OCC(COC(=O)CCCCCCC/C=C\C/C=C\CCCCC)OC(=O)CCCCCCCCCCCCCCC)OC(=O)CCCCCCCCCCCCC. The molecule has 19 heteroatoms. The van der Waals surface area contributed by atoms with Gasteiger partial charge >= 0.3 is 39.5 Å². The molecule has 0 aromatic rings. The lowest BCUT2D eigenvalue weighted by Crippen LogP contribution is -2.30. The van der Waals surface area contributed by atoms with Gasteiger partial charge in [-0.1, -0.05) is 293 Å². The van der Waals surface area contributed by atoms with Crippen molar-refractivity contribution >= 4 is 39.5 Å². The normalized spacial score (nSPS) is 14.4. The summed E-state index contributed by atoms with van der Waals surface area (Å²) in [6.45, 7) is 4.71. The van der Waals surface area contributed by atoms with Crippen LogP contribution in [0.3, 0.4) is 0 Å². The van der Waals surface area contributed by atoms with E-state index in [9.17, 15) is 43.2 Å². The first-order valence-corrected chi connectivity index (χ1v) is 41.8. The first kappa shape index (κ1) is 94.2. The second-order valence-corrected chi connectivity index (χ2v) is 28.8. The van der Waals surface area contributed by atoms with Gasteiger partial charge in [-0.2, -0.15) is 0 Å². The molecule has 0 aliphatic carbocycles. The number of carbonyl (C=O) groups is 4. The molecule has 0 rings (SSSR count). The molecular weight excluding hydrogens is 1280 g/mol. The number of allylic oxidation sites excluding steroid dienone is 14. The van der Waals surface area contributed by atoms with Crippen LogP contribution >= 0.6 is 15.6 Å². The summed E-state index contributed by atoms with van der Waals surface area (Å²) in [5, 5.41) is 10.6. The number of carbonyl (C=O) groups excluding carboxylic acids is 4. The van der Waals surface area contributed by atoms with Gasteiger partial charge in [-0.15, -0.1) is 0 Å². The Morgan fingerprint density at radius 3 is 0.847 bits per heavy atom. The molecule has 5 atom stereocenters. The van der Waals surface area contributed by atoms with Crippen LogP contribution in [0, 0.1) is 0 Å². The van der Waals surface area contributed by atoms with Gasteiger partial charge in [0.05, 0.1) is 26.4 Å². The molecule has 568 valence electrons. The fraction of sp³-hybridized carbons (Fsp3) is 0.772. The smallest absolute Gasteiger partial charge is 0.462 e. The molecule has 0 bridgehead atoms. The molecule has 0 fully saturated rings. The highest BCUT2D eigenvalue weighted by Crippen LogP contribution is 2.45. The molecule has 0 aliphatic heterocycles. The van der Waals surface area contributed by atoms with Gasteiger partial charge < -0.3 is 33.8 Å². The van der Waals surface area contributed by atoms with Gasteiger partial charge in [-0.25, -0.2) is 9.13 Å². The zero-order valence-electron chi connectivity index (χ0n) is 62.0. The third kappa shape index (κ3) is 70.7. The average molecular weight is 1420 g/mol. The van der Waals surface area contributed by atoms with Crippen molar-refractivity contribution in [3.63, 3.8) is 0 Å². The Hall–Kier alpha value is -3.76. The third-order valence-electron chi connectivity index (χ3n) is 16.4. The Kier molecular flexibility index (Phi) is 68.9. The second-order valence-electron chi connectivity index (χ2n) is 25.9. The van der Waals surface area contributed by atoms with Crippen LogP contribution < -0.4 is 0 Å². The maximum absolute atomic E-state index is 13.1. The van der Waals surface area contributed by atoms with Crippen molar-refractivity contribution in [2.24, 2.45) is 0 Å². The highest BCUT2D eigenvalue weighted by molar-refractivity contribution is 7.47. The molecule has 0 amide bonds. The highest BCUT2D eigenvalue weighted by atomic mass is 31.2. The van der Waals surface area contributed by atoms with E-state index >= 15 is 0 Å². The van der Waals surface area contributed by atoms with Gasteiger partial charge in [0.1, 0.15) is 19.3 Å². The number of hydrogen-bond donors (Lipinski definition) is 3. The summed E-state index contributed by atoms with van der Waals surface area (Å²) >= 11 is 0. The summed E-state index contributed by atoms with van der Waals surface area (Å²) < 4.78 is 68.4. The van der Waals surface area contributed by atoms with Crippen molar-refractivity contribution in [3.8, 4) is 0 Å². The average Bonchev–Trinajstić information content (AvgIpc) is 1.00. The second kappa shape index (κ2) is 71.6. The number of phosphoric acid groups is 2. The van der Waals surface area contributed by atoms with Crippen molar-refractivity contribution in [2.75, 3.05) is 39.6 Å². The number of unbranched alkanes of at least 4 members (excludes halogenated alkanes) is 33. The van der Waals surface area contributed by atoms with Gasteiger partial charge in [-0.3, -0.25) is 37.3 Å². The predicted octanol–water partition coefficient (Wildman–Crippen LogP) is 22.2.